The van der Waals surface area contributed by atoms with E-state index in [2.05, 4.69) is 46.4 Å². The van der Waals surface area contributed by atoms with Crippen LogP contribution in [0.2, 0.25) is 0 Å². The highest BCUT2D eigenvalue weighted by atomic mass is 15.2. The normalized spacial score (nSPS) is 33.1. The molecule has 1 saturated carbocycles. The van der Waals surface area contributed by atoms with E-state index in [-0.39, 0.29) is 0 Å². The third-order valence-corrected chi connectivity index (χ3v) is 4.90. The molecule has 2 unspecified atom stereocenters. The third-order valence-electron chi connectivity index (χ3n) is 4.90. The lowest BCUT2D eigenvalue weighted by molar-refractivity contribution is 0.105. The third kappa shape index (κ3) is 3.32. The van der Waals surface area contributed by atoms with Crippen LogP contribution in [0.25, 0.3) is 0 Å². The molecular weight excluding hydrogens is 232 g/mol. The second-order valence-electron chi connectivity index (χ2n) is 7.93. The number of fused-ring (bicyclic) bond motifs is 1. The highest BCUT2D eigenvalue weighted by molar-refractivity contribution is 5.86. The zero-order valence-electron chi connectivity index (χ0n) is 13.7. The van der Waals surface area contributed by atoms with E-state index in [4.69, 9.17) is 4.99 Å². The van der Waals surface area contributed by atoms with E-state index in [9.17, 15) is 0 Å². The van der Waals surface area contributed by atoms with Gasteiger partial charge in [-0.25, -0.2) is 0 Å². The summed E-state index contributed by atoms with van der Waals surface area (Å²) in [7, 11) is 0. The number of hydrogen-bond donors (Lipinski definition) is 0. The standard InChI is InChI=1S/C17H32N2/c1-12(2)18-16-15-7-9-17(5,6)11-14(15)8-10-19(16)13(3)4/h12-15H,7-11H2,1-6H3. The van der Waals surface area contributed by atoms with Gasteiger partial charge in [-0.2, -0.15) is 0 Å². The predicted molar refractivity (Wildman–Crippen MR) is 83.6 cm³/mol. The maximum Gasteiger partial charge on any atom is 0.103 e. The molecule has 0 amide bonds. The maximum atomic E-state index is 5.01. The predicted octanol–water partition coefficient (Wildman–Crippen LogP) is 4.35. The lowest BCUT2D eigenvalue weighted by atomic mass is 9.64. The van der Waals surface area contributed by atoms with Gasteiger partial charge in [-0.05, 0) is 64.7 Å². The molecule has 19 heavy (non-hydrogen) atoms. The molecule has 0 spiro atoms. The fourth-order valence-corrected chi connectivity index (χ4v) is 3.97. The quantitative estimate of drug-likeness (QED) is 0.724. The van der Waals surface area contributed by atoms with Gasteiger partial charge in [0.15, 0.2) is 0 Å². The van der Waals surface area contributed by atoms with Crippen molar-refractivity contribution in [2.75, 3.05) is 6.54 Å². The molecule has 0 N–H and O–H groups in total. The summed E-state index contributed by atoms with van der Waals surface area (Å²) in [6, 6.07) is 1.01. The van der Waals surface area contributed by atoms with Gasteiger partial charge in [0, 0.05) is 24.5 Å². The fraction of sp³-hybridized carbons (Fsp3) is 0.941. The molecular formula is C17H32N2. The average molecular weight is 264 g/mol. The largest absolute Gasteiger partial charge is 0.358 e. The Hall–Kier alpha value is -0.530. The van der Waals surface area contributed by atoms with Crippen molar-refractivity contribution in [3.63, 3.8) is 0 Å². The molecule has 0 aromatic heterocycles. The molecule has 1 saturated heterocycles. The summed E-state index contributed by atoms with van der Waals surface area (Å²) in [6.45, 7) is 15.1. The lowest BCUT2D eigenvalue weighted by Gasteiger charge is -2.49. The number of piperidine rings is 1. The minimum Gasteiger partial charge on any atom is -0.358 e. The molecule has 0 aromatic rings. The Bertz CT molecular complexity index is 341. The van der Waals surface area contributed by atoms with E-state index in [1.165, 1.54) is 38.1 Å². The molecule has 0 radical (unpaired) electrons. The molecule has 1 heterocycles. The topological polar surface area (TPSA) is 15.6 Å². The van der Waals surface area contributed by atoms with E-state index in [1.54, 1.807) is 0 Å². The monoisotopic (exact) mass is 264 g/mol. The van der Waals surface area contributed by atoms with Crippen molar-refractivity contribution in [2.24, 2.45) is 22.2 Å². The van der Waals surface area contributed by atoms with Gasteiger partial charge < -0.3 is 4.90 Å². The minimum absolute atomic E-state index is 0.421. The summed E-state index contributed by atoms with van der Waals surface area (Å²) in [5.74, 6) is 3.03. The van der Waals surface area contributed by atoms with Crippen molar-refractivity contribution in [1.29, 1.82) is 0 Å². The van der Waals surface area contributed by atoms with E-state index >= 15 is 0 Å². The summed E-state index contributed by atoms with van der Waals surface area (Å²) in [5, 5.41) is 0. The van der Waals surface area contributed by atoms with E-state index in [1.807, 2.05) is 0 Å². The summed E-state index contributed by atoms with van der Waals surface area (Å²) in [6.07, 6.45) is 5.45. The van der Waals surface area contributed by atoms with Crippen LogP contribution in [-0.4, -0.2) is 29.4 Å². The molecule has 110 valence electrons. The van der Waals surface area contributed by atoms with Crippen LogP contribution < -0.4 is 0 Å². The van der Waals surface area contributed by atoms with Crippen molar-refractivity contribution in [3.8, 4) is 0 Å². The Kier molecular flexibility index (Phi) is 4.27. The first-order chi connectivity index (χ1) is 8.80. The van der Waals surface area contributed by atoms with E-state index in [0.717, 1.165) is 11.8 Å². The van der Waals surface area contributed by atoms with Crippen molar-refractivity contribution in [2.45, 2.75) is 79.3 Å². The van der Waals surface area contributed by atoms with Gasteiger partial charge in [-0.1, -0.05) is 13.8 Å². The first-order valence-electron chi connectivity index (χ1n) is 8.14. The summed E-state index contributed by atoms with van der Waals surface area (Å²) in [5.41, 5.74) is 0.546. The molecule has 2 nitrogen and oxygen atoms in total. The van der Waals surface area contributed by atoms with Crippen molar-refractivity contribution in [3.05, 3.63) is 0 Å². The van der Waals surface area contributed by atoms with Gasteiger partial charge in [0.25, 0.3) is 0 Å². The molecule has 0 aromatic carbocycles. The SMILES string of the molecule is CC(C)N=C1C2CCC(C)(C)CC2CCN1C(C)C. The number of hydrogen-bond acceptors (Lipinski definition) is 1. The number of aliphatic imine (C=N–C) groups is 1. The smallest absolute Gasteiger partial charge is 0.103 e. The van der Waals surface area contributed by atoms with Crippen LogP contribution in [0.5, 0.6) is 0 Å². The molecule has 1 aliphatic carbocycles. The zero-order valence-corrected chi connectivity index (χ0v) is 13.7. The Morgan fingerprint density at radius 1 is 1.16 bits per heavy atom. The lowest BCUT2D eigenvalue weighted by Crippen LogP contribution is -2.51. The van der Waals surface area contributed by atoms with Crippen molar-refractivity contribution < 1.29 is 0 Å². The summed E-state index contributed by atoms with van der Waals surface area (Å²) in [4.78, 5) is 7.58. The van der Waals surface area contributed by atoms with Gasteiger partial charge in [0.2, 0.25) is 0 Å². The van der Waals surface area contributed by atoms with Crippen LogP contribution in [0.1, 0.15) is 67.2 Å². The van der Waals surface area contributed by atoms with Crippen LogP contribution in [0.3, 0.4) is 0 Å². The van der Waals surface area contributed by atoms with Crippen molar-refractivity contribution in [1.82, 2.24) is 4.90 Å². The number of rotatable bonds is 2. The van der Waals surface area contributed by atoms with Crippen LogP contribution >= 0.6 is 0 Å². The number of amidine groups is 1. The van der Waals surface area contributed by atoms with Crippen LogP contribution in [0.4, 0.5) is 0 Å². The number of nitrogens with zero attached hydrogens (tertiary/aromatic N) is 2. The molecule has 2 aliphatic rings. The van der Waals surface area contributed by atoms with Crippen LogP contribution in [0, 0.1) is 17.3 Å². The van der Waals surface area contributed by atoms with Gasteiger partial charge in [0.05, 0.1) is 0 Å². The first-order valence-corrected chi connectivity index (χ1v) is 8.14. The highest BCUT2D eigenvalue weighted by Gasteiger charge is 2.42. The van der Waals surface area contributed by atoms with Gasteiger partial charge in [-0.3, -0.25) is 4.99 Å². The van der Waals surface area contributed by atoms with Crippen molar-refractivity contribution >= 4 is 5.84 Å². The zero-order chi connectivity index (χ0) is 14.2. The maximum absolute atomic E-state index is 5.01. The molecule has 0 bridgehead atoms. The number of likely N-dealkylation sites (tertiary alicyclic amines) is 1. The molecule has 2 atom stereocenters. The summed E-state index contributed by atoms with van der Waals surface area (Å²) < 4.78 is 0. The Morgan fingerprint density at radius 2 is 1.84 bits per heavy atom. The van der Waals surface area contributed by atoms with Crippen LogP contribution in [-0.2, 0) is 0 Å². The van der Waals surface area contributed by atoms with E-state index in [0.29, 0.717) is 17.5 Å². The molecule has 2 fully saturated rings. The second kappa shape index (κ2) is 5.46. The summed E-state index contributed by atoms with van der Waals surface area (Å²) >= 11 is 0. The highest BCUT2D eigenvalue weighted by Crippen LogP contribution is 2.46. The van der Waals surface area contributed by atoms with Gasteiger partial charge in [-0.15, -0.1) is 0 Å². The van der Waals surface area contributed by atoms with E-state index < -0.39 is 0 Å². The molecule has 1 aliphatic heterocycles. The average Bonchev–Trinajstić information content (AvgIpc) is 2.26. The fourth-order valence-electron chi connectivity index (χ4n) is 3.97. The molecule has 2 rings (SSSR count). The van der Waals surface area contributed by atoms with Gasteiger partial charge in [0.1, 0.15) is 5.84 Å². The van der Waals surface area contributed by atoms with Crippen LogP contribution in [0.15, 0.2) is 4.99 Å². The molecule has 2 heteroatoms. The Labute approximate surface area is 119 Å². The minimum atomic E-state index is 0.421. The van der Waals surface area contributed by atoms with Gasteiger partial charge >= 0.3 is 0 Å². The Morgan fingerprint density at radius 3 is 2.42 bits per heavy atom. The second-order valence-corrected chi connectivity index (χ2v) is 7.93. The first kappa shape index (κ1) is 14.9. The Balaban J connectivity index is 2.23.